The highest BCUT2D eigenvalue weighted by Crippen LogP contribution is 2.49. The van der Waals surface area contributed by atoms with Gasteiger partial charge in [-0.25, -0.2) is 0 Å². The second-order valence-electron chi connectivity index (χ2n) is 9.08. The Morgan fingerprint density at radius 3 is 2.00 bits per heavy atom. The molecular weight excluding hydrogens is 532 g/mol. The molecule has 7 atom stereocenters. The number of ether oxygens (including phenoxy) is 7. The van der Waals surface area contributed by atoms with Gasteiger partial charge in [-0.05, 0) is 29.8 Å². The van der Waals surface area contributed by atoms with E-state index in [1.54, 1.807) is 36.4 Å². The zero-order valence-corrected chi connectivity index (χ0v) is 22.2. The Morgan fingerprint density at radius 2 is 1.43 bits per heavy atom. The average molecular weight is 567 g/mol. The number of aliphatic hydroxyl groups excluding tert-OH is 6. The van der Waals surface area contributed by atoms with Gasteiger partial charge in [0, 0.05) is 5.56 Å². The summed E-state index contributed by atoms with van der Waals surface area (Å²) in [4.78, 5) is 0. The van der Waals surface area contributed by atoms with E-state index in [9.17, 15) is 25.5 Å². The van der Waals surface area contributed by atoms with Crippen molar-refractivity contribution in [1.82, 2.24) is 0 Å². The van der Waals surface area contributed by atoms with Crippen molar-refractivity contribution in [1.29, 1.82) is 0 Å². The molecule has 0 radical (unpaired) electrons. The monoisotopic (exact) mass is 566 g/mol. The van der Waals surface area contributed by atoms with Crippen LogP contribution >= 0.6 is 0 Å². The van der Waals surface area contributed by atoms with Crippen LogP contribution in [-0.2, 0) is 4.74 Å². The molecule has 2 aliphatic heterocycles. The van der Waals surface area contributed by atoms with E-state index in [0.717, 1.165) is 0 Å². The Kier molecular flexibility index (Phi) is 9.58. The Bertz CT molecular complexity index is 1160. The van der Waals surface area contributed by atoms with Crippen LogP contribution in [0.3, 0.4) is 0 Å². The number of rotatable bonds is 10. The summed E-state index contributed by atoms with van der Waals surface area (Å²) in [6.45, 7) is -1.18. The second kappa shape index (κ2) is 12.9. The number of methoxy groups -OCH3 is 3. The third-order valence-corrected chi connectivity index (χ3v) is 6.61. The molecule has 6 N–H and O–H groups in total. The molecule has 2 aromatic carbocycles. The number of hydrogen-bond acceptors (Lipinski definition) is 13. The van der Waals surface area contributed by atoms with Gasteiger partial charge in [-0.2, -0.15) is 0 Å². The Morgan fingerprint density at radius 1 is 0.775 bits per heavy atom. The van der Waals surface area contributed by atoms with Gasteiger partial charge in [0.15, 0.2) is 35.2 Å². The molecule has 1 fully saturated rings. The van der Waals surface area contributed by atoms with Crippen molar-refractivity contribution in [2.24, 2.45) is 0 Å². The van der Waals surface area contributed by atoms with Gasteiger partial charge in [0.1, 0.15) is 24.4 Å². The van der Waals surface area contributed by atoms with Crippen LogP contribution in [-0.4, -0.2) is 109 Å². The smallest absolute Gasteiger partial charge is 0.229 e. The normalized spacial score (nSPS) is 27.9. The fourth-order valence-electron chi connectivity index (χ4n) is 4.54. The number of hydrogen-bond donors (Lipinski definition) is 6. The van der Waals surface area contributed by atoms with Crippen molar-refractivity contribution in [3.63, 3.8) is 0 Å². The van der Waals surface area contributed by atoms with E-state index in [-0.39, 0.29) is 23.9 Å². The first kappa shape index (κ1) is 29.7. The maximum absolute atomic E-state index is 10.4. The van der Waals surface area contributed by atoms with Crippen LogP contribution in [0.2, 0.25) is 0 Å². The summed E-state index contributed by atoms with van der Waals surface area (Å²) >= 11 is 0. The van der Waals surface area contributed by atoms with Crippen LogP contribution in [0, 0.1) is 0 Å². The molecule has 0 unspecified atom stereocenters. The molecular formula is C27H34O13. The topological polar surface area (TPSA) is 186 Å². The molecule has 0 aromatic heterocycles. The summed E-state index contributed by atoms with van der Waals surface area (Å²) in [5.74, 6) is 1.30. The minimum Gasteiger partial charge on any atom is -0.493 e. The molecule has 4 rings (SSSR count). The predicted octanol–water partition coefficient (Wildman–Crippen LogP) is -0.230. The first-order chi connectivity index (χ1) is 19.3. The first-order valence-corrected chi connectivity index (χ1v) is 12.5. The predicted molar refractivity (Wildman–Crippen MR) is 138 cm³/mol. The number of benzene rings is 2. The van der Waals surface area contributed by atoms with Gasteiger partial charge in [-0.1, -0.05) is 12.2 Å². The summed E-state index contributed by atoms with van der Waals surface area (Å²) in [7, 11) is 4.23. The molecule has 0 spiro atoms. The van der Waals surface area contributed by atoms with Crippen molar-refractivity contribution in [2.75, 3.05) is 41.2 Å². The molecule has 0 amide bonds. The lowest BCUT2D eigenvalue weighted by molar-refractivity contribution is -0.277. The molecule has 13 heteroatoms. The maximum atomic E-state index is 10.4. The van der Waals surface area contributed by atoms with E-state index >= 15 is 0 Å². The van der Waals surface area contributed by atoms with E-state index in [2.05, 4.69) is 0 Å². The Balaban J connectivity index is 1.70. The second-order valence-corrected chi connectivity index (χ2v) is 9.08. The minimum absolute atomic E-state index is 0.00820. The summed E-state index contributed by atoms with van der Waals surface area (Å²) in [6, 6.07) is 6.54. The summed E-state index contributed by atoms with van der Waals surface area (Å²) < 4.78 is 40.1. The summed E-state index contributed by atoms with van der Waals surface area (Å²) in [5, 5.41) is 59.4. The van der Waals surface area contributed by atoms with E-state index in [4.69, 9.17) is 38.3 Å². The molecule has 1 saturated heterocycles. The highest BCUT2D eigenvalue weighted by Gasteiger charge is 2.45. The quantitative estimate of drug-likeness (QED) is 0.222. The molecule has 220 valence electrons. The highest BCUT2D eigenvalue weighted by molar-refractivity contribution is 5.63. The van der Waals surface area contributed by atoms with Crippen molar-refractivity contribution >= 4 is 6.08 Å². The lowest BCUT2D eigenvalue weighted by atomic mass is 9.99. The molecule has 0 saturated carbocycles. The summed E-state index contributed by atoms with van der Waals surface area (Å²) in [6.07, 6.45) is -5.94. The van der Waals surface area contributed by atoms with Crippen LogP contribution in [0.15, 0.2) is 30.3 Å². The minimum atomic E-state index is -1.65. The van der Waals surface area contributed by atoms with Gasteiger partial charge in [-0.3, -0.25) is 0 Å². The first-order valence-electron chi connectivity index (χ1n) is 12.5. The highest BCUT2D eigenvalue weighted by atomic mass is 16.7. The van der Waals surface area contributed by atoms with Gasteiger partial charge >= 0.3 is 0 Å². The molecule has 0 bridgehead atoms. The van der Waals surface area contributed by atoms with Crippen molar-refractivity contribution in [2.45, 2.75) is 42.9 Å². The van der Waals surface area contributed by atoms with Gasteiger partial charge in [0.2, 0.25) is 17.8 Å². The SMILES string of the molecule is COc1cc([C@H]2Oc3cc(/C=C/CO)cc(OC)c3O[C@@H]2CO)cc(OC)c1O[C@@H]1O[C@H](CO)[C@@H](O)[C@H](O)[C@H]1O. The third-order valence-electron chi connectivity index (χ3n) is 6.61. The van der Waals surface area contributed by atoms with Gasteiger partial charge < -0.3 is 63.8 Å². The zero-order chi connectivity index (χ0) is 29.0. The van der Waals surface area contributed by atoms with E-state index < -0.39 is 56.1 Å². The van der Waals surface area contributed by atoms with Crippen LogP contribution in [0.5, 0.6) is 34.5 Å². The van der Waals surface area contributed by atoms with Crippen LogP contribution in [0.4, 0.5) is 0 Å². The van der Waals surface area contributed by atoms with Crippen LogP contribution in [0.25, 0.3) is 6.08 Å². The number of aliphatic hydroxyl groups is 6. The van der Waals surface area contributed by atoms with Gasteiger partial charge in [0.05, 0.1) is 41.2 Å². The van der Waals surface area contributed by atoms with Crippen molar-refractivity contribution in [3.05, 3.63) is 41.5 Å². The Hall–Kier alpha value is -3.30. The average Bonchev–Trinajstić information content (AvgIpc) is 2.98. The molecule has 2 aromatic rings. The molecule has 2 heterocycles. The summed E-state index contributed by atoms with van der Waals surface area (Å²) in [5.41, 5.74) is 1.17. The molecule has 2 aliphatic rings. The van der Waals surface area contributed by atoms with Crippen LogP contribution < -0.4 is 28.4 Å². The lowest BCUT2D eigenvalue weighted by Gasteiger charge is -2.39. The van der Waals surface area contributed by atoms with Crippen LogP contribution in [0.1, 0.15) is 17.2 Å². The zero-order valence-electron chi connectivity index (χ0n) is 22.2. The van der Waals surface area contributed by atoms with Crippen molar-refractivity contribution < 1.29 is 63.8 Å². The lowest BCUT2D eigenvalue weighted by Crippen LogP contribution is -2.60. The fraction of sp³-hybridized carbons (Fsp3) is 0.481. The van der Waals surface area contributed by atoms with E-state index in [0.29, 0.717) is 28.4 Å². The third kappa shape index (κ3) is 5.76. The van der Waals surface area contributed by atoms with E-state index in [1.165, 1.54) is 21.3 Å². The standard InChI is InChI=1S/C27H34O13/c1-34-15-7-13(5-4-6-28)8-18-26(15)38-20(12-30)24(37-18)14-9-16(35-2)25(17(10-14)36-3)40-27-23(33)22(32)21(31)19(11-29)39-27/h4-5,7-10,19-24,27-33H,6,11-12H2,1-3H3/b5-4+/t19-,20-,21-,22+,23-,24-,27+/m1/s1. The van der Waals surface area contributed by atoms with Gasteiger partial charge in [-0.15, -0.1) is 0 Å². The number of fused-ring (bicyclic) bond motifs is 1. The molecule has 13 nitrogen and oxygen atoms in total. The maximum Gasteiger partial charge on any atom is 0.229 e. The van der Waals surface area contributed by atoms with Gasteiger partial charge in [0.25, 0.3) is 0 Å². The van der Waals surface area contributed by atoms with E-state index in [1.807, 2.05) is 0 Å². The largest absolute Gasteiger partial charge is 0.493 e. The van der Waals surface area contributed by atoms with Crippen molar-refractivity contribution in [3.8, 4) is 34.5 Å². The Labute approximate surface area is 230 Å². The fourth-order valence-corrected chi connectivity index (χ4v) is 4.54. The molecule has 0 aliphatic carbocycles. The molecule has 40 heavy (non-hydrogen) atoms.